The van der Waals surface area contributed by atoms with Crippen molar-refractivity contribution in [1.82, 2.24) is 10.9 Å². The third-order valence-corrected chi connectivity index (χ3v) is 5.45. The van der Waals surface area contributed by atoms with Gasteiger partial charge >= 0.3 is 0 Å². The van der Waals surface area contributed by atoms with Gasteiger partial charge in [0.1, 0.15) is 0 Å². The maximum atomic E-state index is 13.1. The molecule has 142 valence electrons. The lowest BCUT2D eigenvalue weighted by atomic mass is 9.73. The van der Waals surface area contributed by atoms with Gasteiger partial charge in [-0.25, -0.2) is 0 Å². The third kappa shape index (κ3) is 4.10. The molecule has 0 bridgehead atoms. The maximum absolute atomic E-state index is 13.1. The molecule has 5 nitrogen and oxygen atoms in total. The summed E-state index contributed by atoms with van der Waals surface area (Å²) in [5.41, 5.74) is 6.21. The Morgan fingerprint density at radius 1 is 1.04 bits per heavy atom. The summed E-state index contributed by atoms with van der Waals surface area (Å²) in [6.07, 6.45) is 0.918. The van der Waals surface area contributed by atoms with Crippen molar-refractivity contribution in [2.75, 3.05) is 13.2 Å². The van der Waals surface area contributed by atoms with E-state index in [1.54, 1.807) is 30.3 Å². The lowest BCUT2D eigenvalue weighted by Gasteiger charge is -2.36. The van der Waals surface area contributed by atoms with Crippen LogP contribution in [0.5, 0.6) is 0 Å². The highest BCUT2D eigenvalue weighted by molar-refractivity contribution is 6.35. The van der Waals surface area contributed by atoms with E-state index < -0.39 is 5.41 Å². The van der Waals surface area contributed by atoms with Gasteiger partial charge in [0.2, 0.25) is 5.91 Å². The van der Waals surface area contributed by atoms with Crippen LogP contribution >= 0.6 is 23.2 Å². The molecule has 2 aromatic rings. The fourth-order valence-electron chi connectivity index (χ4n) is 3.34. The number of carbonyl (C=O) groups is 2. The molecule has 1 fully saturated rings. The molecular weight excluding hydrogens is 387 g/mol. The number of hydrazine groups is 1. The Bertz CT molecular complexity index is 864. The van der Waals surface area contributed by atoms with E-state index in [4.69, 9.17) is 27.9 Å². The first-order chi connectivity index (χ1) is 12.9. The van der Waals surface area contributed by atoms with Crippen LogP contribution in [0, 0.1) is 6.92 Å². The van der Waals surface area contributed by atoms with E-state index in [9.17, 15) is 9.59 Å². The minimum atomic E-state index is -0.890. The molecule has 3 rings (SSSR count). The second kappa shape index (κ2) is 8.30. The van der Waals surface area contributed by atoms with Gasteiger partial charge in [-0.05, 0) is 49.1 Å². The average Bonchev–Trinajstić information content (AvgIpc) is 2.66. The lowest BCUT2D eigenvalue weighted by Crippen LogP contribution is -2.53. The summed E-state index contributed by atoms with van der Waals surface area (Å²) in [4.78, 5) is 25.5. The molecule has 2 aromatic carbocycles. The Hall–Kier alpha value is -2.08. The van der Waals surface area contributed by atoms with E-state index in [-0.39, 0.29) is 11.8 Å². The predicted octanol–water partition coefficient (Wildman–Crippen LogP) is 3.81. The van der Waals surface area contributed by atoms with Crippen molar-refractivity contribution in [2.45, 2.75) is 25.2 Å². The molecule has 0 unspecified atom stereocenters. The molecule has 0 atom stereocenters. The number of ether oxygens (including phenoxy) is 1. The zero-order valence-corrected chi connectivity index (χ0v) is 16.4. The van der Waals surface area contributed by atoms with Gasteiger partial charge in [0.25, 0.3) is 5.91 Å². The van der Waals surface area contributed by atoms with E-state index >= 15 is 0 Å². The molecule has 1 heterocycles. The molecule has 1 saturated heterocycles. The zero-order chi connectivity index (χ0) is 19.4. The molecule has 0 saturated carbocycles. The fraction of sp³-hybridized carbons (Fsp3) is 0.300. The topological polar surface area (TPSA) is 67.4 Å². The Kier molecular flexibility index (Phi) is 6.05. The molecule has 2 N–H and O–H groups in total. The average molecular weight is 407 g/mol. The Balaban J connectivity index is 1.82. The minimum Gasteiger partial charge on any atom is -0.381 e. The van der Waals surface area contributed by atoms with Crippen molar-refractivity contribution in [2.24, 2.45) is 0 Å². The molecule has 1 aliphatic rings. The number of nitrogens with one attached hydrogen (secondary N) is 2. The van der Waals surface area contributed by atoms with Crippen LogP contribution in [0.2, 0.25) is 10.0 Å². The summed E-state index contributed by atoms with van der Waals surface area (Å²) in [5, 5.41) is 0.920. The van der Waals surface area contributed by atoms with Crippen molar-refractivity contribution in [3.8, 4) is 0 Å². The highest BCUT2D eigenvalue weighted by atomic mass is 35.5. The van der Waals surface area contributed by atoms with Crippen molar-refractivity contribution in [3.63, 3.8) is 0 Å². The summed E-state index contributed by atoms with van der Waals surface area (Å²) < 4.78 is 5.43. The number of hydrogen-bond acceptors (Lipinski definition) is 3. The summed E-state index contributed by atoms with van der Waals surface area (Å²) >= 11 is 12.4. The first kappa shape index (κ1) is 19.7. The molecule has 0 radical (unpaired) electrons. The van der Waals surface area contributed by atoms with Gasteiger partial charge in [0, 0.05) is 28.8 Å². The second-order valence-electron chi connectivity index (χ2n) is 6.54. The summed E-state index contributed by atoms with van der Waals surface area (Å²) in [6.45, 7) is 2.69. The molecule has 2 amide bonds. The second-order valence-corrected chi connectivity index (χ2v) is 7.39. The highest BCUT2D eigenvalue weighted by Crippen LogP contribution is 2.39. The van der Waals surface area contributed by atoms with Gasteiger partial charge in [-0.2, -0.15) is 0 Å². The summed E-state index contributed by atoms with van der Waals surface area (Å²) in [7, 11) is 0. The Labute approximate surface area is 168 Å². The number of amides is 2. The van der Waals surface area contributed by atoms with Crippen LogP contribution in [-0.2, 0) is 14.9 Å². The molecule has 27 heavy (non-hydrogen) atoms. The van der Waals surface area contributed by atoms with Gasteiger partial charge in [-0.3, -0.25) is 20.4 Å². The predicted molar refractivity (Wildman–Crippen MR) is 105 cm³/mol. The molecular formula is C20H20Cl2N2O3. The van der Waals surface area contributed by atoms with Crippen LogP contribution in [-0.4, -0.2) is 25.0 Å². The van der Waals surface area contributed by atoms with Gasteiger partial charge in [0.05, 0.1) is 5.41 Å². The van der Waals surface area contributed by atoms with Crippen LogP contribution in [0.15, 0.2) is 42.5 Å². The zero-order valence-electron chi connectivity index (χ0n) is 14.9. The molecule has 1 aliphatic heterocycles. The number of aryl methyl sites for hydroxylation is 1. The van der Waals surface area contributed by atoms with Crippen molar-refractivity contribution < 1.29 is 14.3 Å². The molecule has 7 heteroatoms. The van der Waals surface area contributed by atoms with Crippen LogP contribution in [0.25, 0.3) is 0 Å². The summed E-state index contributed by atoms with van der Waals surface area (Å²) in [5.74, 6) is -0.692. The van der Waals surface area contributed by atoms with E-state index in [2.05, 4.69) is 10.9 Å². The standard InChI is InChI=1S/C20H20Cl2N2O3/c1-13-4-2-3-5-15(13)18(25)23-24-19(26)20(8-10-27-11-9-20)16-7-6-14(21)12-17(16)22/h2-7,12H,8-11H2,1H3,(H,23,25)(H,24,26). The Morgan fingerprint density at radius 3 is 2.41 bits per heavy atom. The number of benzene rings is 2. The van der Waals surface area contributed by atoms with Gasteiger partial charge in [0.15, 0.2) is 0 Å². The first-order valence-electron chi connectivity index (χ1n) is 8.64. The summed E-state index contributed by atoms with van der Waals surface area (Å²) in [6, 6.07) is 12.3. The van der Waals surface area contributed by atoms with Gasteiger partial charge in [-0.15, -0.1) is 0 Å². The van der Waals surface area contributed by atoms with Crippen LogP contribution < -0.4 is 10.9 Å². The van der Waals surface area contributed by atoms with Gasteiger partial charge in [-0.1, -0.05) is 47.5 Å². The fourth-order valence-corrected chi connectivity index (χ4v) is 3.93. The van der Waals surface area contributed by atoms with Crippen LogP contribution in [0.3, 0.4) is 0 Å². The maximum Gasteiger partial charge on any atom is 0.269 e. The highest BCUT2D eigenvalue weighted by Gasteiger charge is 2.43. The number of carbonyl (C=O) groups excluding carboxylic acids is 2. The van der Waals surface area contributed by atoms with E-state index in [1.165, 1.54) is 0 Å². The minimum absolute atomic E-state index is 0.322. The quantitative estimate of drug-likeness (QED) is 0.761. The van der Waals surface area contributed by atoms with Crippen LogP contribution in [0.4, 0.5) is 0 Å². The normalized spacial score (nSPS) is 15.8. The van der Waals surface area contributed by atoms with Crippen LogP contribution in [0.1, 0.15) is 34.3 Å². The van der Waals surface area contributed by atoms with E-state index in [0.717, 1.165) is 5.56 Å². The number of halogens is 2. The van der Waals surface area contributed by atoms with E-state index in [0.29, 0.717) is 47.2 Å². The lowest BCUT2D eigenvalue weighted by molar-refractivity contribution is -0.131. The Morgan fingerprint density at radius 2 is 1.74 bits per heavy atom. The van der Waals surface area contributed by atoms with Crippen molar-refractivity contribution in [1.29, 1.82) is 0 Å². The third-order valence-electron chi connectivity index (χ3n) is 4.91. The molecule has 0 spiro atoms. The SMILES string of the molecule is Cc1ccccc1C(=O)NNC(=O)C1(c2ccc(Cl)cc2Cl)CCOCC1. The van der Waals surface area contributed by atoms with Crippen molar-refractivity contribution in [3.05, 3.63) is 69.2 Å². The number of hydrogen-bond donors (Lipinski definition) is 2. The smallest absolute Gasteiger partial charge is 0.269 e. The molecule has 0 aliphatic carbocycles. The van der Waals surface area contributed by atoms with Crippen molar-refractivity contribution >= 4 is 35.0 Å². The number of rotatable bonds is 3. The first-order valence-corrected chi connectivity index (χ1v) is 9.39. The van der Waals surface area contributed by atoms with E-state index in [1.807, 2.05) is 19.1 Å². The largest absolute Gasteiger partial charge is 0.381 e. The van der Waals surface area contributed by atoms with Gasteiger partial charge < -0.3 is 4.74 Å². The molecule has 0 aromatic heterocycles. The monoisotopic (exact) mass is 406 g/mol.